The molecule has 0 heterocycles. The van der Waals surface area contributed by atoms with Crippen molar-refractivity contribution in [1.82, 2.24) is 0 Å². The van der Waals surface area contributed by atoms with Crippen LogP contribution in [-0.2, 0) is 0 Å². The zero-order valence-corrected chi connectivity index (χ0v) is 15.6. The first kappa shape index (κ1) is 19.5. The van der Waals surface area contributed by atoms with Crippen LogP contribution in [0.1, 0.15) is 43.5 Å². The van der Waals surface area contributed by atoms with Crippen LogP contribution in [0, 0.1) is 0 Å². The summed E-state index contributed by atoms with van der Waals surface area (Å²) in [6, 6.07) is 14.4. The van der Waals surface area contributed by atoms with Crippen molar-refractivity contribution in [3.63, 3.8) is 0 Å². The second-order valence-corrected chi connectivity index (χ2v) is 5.77. The monoisotopic (exact) mass is 354 g/mol. The first-order valence-corrected chi connectivity index (χ1v) is 8.89. The summed E-state index contributed by atoms with van der Waals surface area (Å²) in [6.07, 6.45) is 4.94. The minimum Gasteiger partial charge on any atom is -0.497 e. The van der Waals surface area contributed by atoms with Crippen molar-refractivity contribution in [2.45, 2.75) is 33.1 Å². The second-order valence-electron chi connectivity index (χ2n) is 5.77. The smallest absolute Gasteiger partial charge is 0.278 e. The van der Waals surface area contributed by atoms with E-state index < -0.39 is 0 Å². The maximum atomic E-state index is 12.8. The molecule has 0 atom stereocenters. The van der Waals surface area contributed by atoms with Gasteiger partial charge >= 0.3 is 0 Å². The van der Waals surface area contributed by atoms with Gasteiger partial charge in [0.15, 0.2) is 0 Å². The zero-order chi connectivity index (χ0) is 18.8. The lowest BCUT2D eigenvalue weighted by Gasteiger charge is -2.17. The number of nitrogens with zero attached hydrogens (tertiary/aromatic N) is 2. The average molecular weight is 354 g/mol. The summed E-state index contributed by atoms with van der Waals surface area (Å²) in [6.45, 7) is 4.63. The Kier molecular flexibility index (Phi) is 7.68. The summed E-state index contributed by atoms with van der Waals surface area (Å²) in [5.74, 6) is 1.30. The summed E-state index contributed by atoms with van der Waals surface area (Å²) in [5, 5.41) is 5.58. The lowest BCUT2D eigenvalue weighted by atomic mass is 10.2. The molecule has 0 aliphatic carbocycles. The third-order valence-electron chi connectivity index (χ3n) is 3.86. The lowest BCUT2D eigenvalue weighted by Crippen LogP contribution is -2.25. The Morgan fingerprint density at radius 3 is 2.27 bits per heavy atom. The van der Waals surface area contributed by atoms with Crippen molar-refractivity contribution in [3.8, 4) is 11.5 Å². The molecule has 0 spiro atoms. The standard InChI is InChI=1S/C21H26N2O3/c1-4-6-7-16-26-20-12-8-17(9-13-20)21(24)23(22-5-2)18-10-14-19(25-3)15-11-18/h5,8-15H,4,6-7,16H2,1-3H3/b22-5+. The first-order valence-electron chi connectivity index (χ1n) is 8.89. The molecule has 0 N–H and O–H groups in total. The van der Waals surface area contributed by atoms with Gasteiger partial charge in [-0.1, -0.05) is 19.8 Å². The number of hydrazone groups is 1. The van der Waals surface area contributed by atoms with Crippen LogP contribution in [0.5, 0.6) is 11.5 Å². The van der Waals surface area contributed by atoms with Gasteiger partial charge in [-0.15, -0.1) is 0 Å². The van der Waals surface area contributed by atoms with E-state index >= 15 is 0 Å². The zero-order valence-electron chi connectivity index (χ0n) is 15.6. The molecule has 0 aromatic heterocycles. The van der Waals surface area contributed by atoms with E-state index in [0.717, 1.165) is 30.8 Å². The molecule has 2 rings (SSSR count). The number of unbranched alkanes of at least 4 members (excludes halogenated alkanes) is 2. The van der Waals surface area contributed by atoms with E-state index in [4.69, 9.17) is 9.47 Å². The fraction of sp³-hybridized carbons (Fsp3) is 0.333. The van der Waals surface area contributed by atoms with Gasteiger partial charge in [-0.05, 0) is 61.9 Å². The highest BCUT2D eigenvalue weighted by Crippen LogP contribution is 2.22. The molecule has 0 radical (unpaired) electrons. The number of hydrogen-bond donors (Lipinski definition) is 0. The molecule has 2 aromatic rings. The number of rotatable bonds is 9. The first-order chi connectivity index (χ1) is 12.7. The Labute approximate surface area is 155 Å². The number of hydrogen-bond acceptors (Lipinski definition) is 4. The Morgan fingerprint density at radius 2 is 1.69 bits per heavy atom. The Hall–Kier alpha value is -2.82. The van der Waals surface area contributed by atoms with Gasteiger partial charge in [0.05, 0.1) is 19.4 Å². The molecule has 0 saturated heterocycles. The SMILES string of the molecule is C/C=N/N(C(=O)c1ccc(OCCCCC)cc1)c1ccc(OC)cc1. The maximum Gasteiger partial charge on any atom is 0.278 e. The summed E-state index contributed by atoms with van der Waals surface area (Å²) < 4.78 is 10.9. The van der Waals surface area contributed by atoms with Crippen molar-refractivity contribution in [1.29, 1.82) is 0 Å². The molecule has 0 saturated carbocycles. The van der Waals surface area contributed by atoms with Gasteiger partial charge in [0.1, 0.15) is 11.5 Å². The number of carbonyl (C=O) groups excluding carboxylic acids is 1. The van der Waals surface area contributed by atoms with E-state index in [1.54, 1.807) is 56.6 Å². The molecule has 0 unspecified atom stereocenters. The molecule has 0 bridgehead atoms. The van der Waals surface area contributed by atoms with Gasteiger partial charge in [0.25, 0.3) is 5.91 Å². The van der Waals surface area contributed by atoms with E-state index in [9.17, 15) is 4.79 Å². The van der Waals surface area contributed by atoms with Crippen LogP contribution in [-0.4, -0.2) is 25.8 Å². The van der Waals surface area contributed by atoms with Gasteiger partial charge in [0.2, 0.25) is 0 Å². The lowest BCUT2D eigenvalue weighted by molar-refractivity contribution is 0.0987. The predicted molar refractivity (Wildman–Crippen MR) is 105 cm³/mol. The van der Waals surface area contributed by atoms with Crippen molar-refractivity contribution >= 4 is 17.8 Å². The minimum atomic E-state index is -0.203. The average Bonchev–Trinajstić information content (AvgIpc) is 2.69. The molecular weight excluding hydrogens is 328 g/mol. The van der Waals surface area contributed by atoms with Gasteiger partial charge in [-0.3, -0.25) is 4.79 Å². The Bertz CT molecular complexity index is 709. The third-order valence-corrected chi connectivity index (χ3v) is 3.86. The van der Waals surface area contributed by atoms with Crippen molar-refractivity contribution in [3.05, 3.63) is 54.1 Å². The number of methoxy groups -OCH3 is 1. The van der Waals surface area contributed by atoms with Crippen molar-refractivity contribution in [2.24, 2.45) is 5.10 Å². The van der Waals surface area contributed by atoms with E-state index in [-0.39, 0.29) is 5.91 Å². The quantitative estimate of drug-likeness (QED) is 0.365. The second kappa shape index (κ2) is 10.2. The van der Waals surface area contributed by atoms with Crippen LogP contribution < -0.4 is 14.5 Å². The van der Waals surface area contributed by atoms with Crippen molar-refractivity contribution < 1.29 is 14.3 Å². The van der Waals surface area contributed by atoms with Gasteiger partial charge in [-0.25, -0.2) is 0 Å². The van der Waals surface area contributed by atoms with E-state index in [1.807, 2.05) is 12.1 Å². The summed E-state index contributed by atoms with van der Waals surface area (Å²) in [5.41, 5.74) is 1.22. The van der Waals surface area contributed by atoms with Gasteiger partial charge in [0, 0.05) is 11.8 Å². The largest absolute Gasteiger partial charge is 0.497 e. The van der Waals surface area contributed by atoms with E-state index in [0.29, 0.717) is 17.9 Å². The maximum absolute atomic E-state index is 12.8. The molecule has 0 aliphatic rings. The van der Waals surface area contributed by atoms with Crippen LogP contribution in [0.2, 0.25) is 0 Å². The Morgan fingerprint density at radius 1 is 1.04 bits per heavy atom. The normalized spacial score (nSPS) is 10.7. The summed E-state index contributed by atoms with van der Waals surface area (Å²) in [7, 11) is 1.61. The minimum absolute atomic E-state index is 0.203. The number of ether oxygens (including phenoxy) is 2. The predicted octanol–water partition coefficient (Wildman–Crippen LogP) is 4.92. The molecule has 26 heavy (non-hydrogen) atoms. The van der Waals surface area contributed by atoms with E-state index in [2.05, 4.69) is 12.0 Å². The molecule has 1 amide bonds. The van der Waals surface area contributed by atoms with Crippen LogP contribution in [0.25, 0.3) is 0 Å². The molecular formula is C21H26N2O3. The number of carbonyl (C=O) groups is 1. The molecule has 138 valence electrons. The van der Waals surface area contributed by atoms with Gasteiger partial charge in [-0.2, -0.15) is 10.1 Å². The molecule has 5 nitrogen and oxygen atoms in total. The molecule has 5 heteroatoms. The van der Waals surface area contributed by atoms with E-state index in [1.165, 1.54) is 5.01 Å². The van der Waals surface area contributed by atoms with Crippen LogP contribution in [0.4, 0.5) is 5.69 Å². The highest BCUT2D eigenvalue weighted by Gasteiger charge is 2.17. The topological polar surface area (TPSA) is 51.1 Å². The highest BCUT2D eigenvalue weighted by molar-refractivity contribution is 6.06. The van der Waals surface area contributed by atoms with Crippen LogP contribution >= 0.6 is 0 Å². The number of anilines is 1. The van der Waals surface area contributed by atoms with Crippen LogP contribution in [0.15, 0.2) is 53.6 Å². The fourth-order valence-corrected chi connectivity index (χ4v) is 2.43. The number of benzene rings is 2. The van der Waals surface area contributed by atoms with Crippen LogP contribution in [0.3, 0.4) is 0 Å². The molecule has 2 aromatic carbocycles. The van der Waals surface area contributed by atoms with Crippen molar-refractivity contribution in [2.75, 3.05) is 18.7 Å². The number of amides is 1. The summed E-state index contributed by atoms with van der Waals surface area (Å²) >= 11 is 0. The fourth-order valence-electron chi connectivity index (χ4n) is 2.43. The molecule has 0 aliphatic heterocycles. The third kappa shape index (κ3) is 5.34. The summed E-state index contributed by atoms with van der Waals surface area (Å²) in [4.78, 5) is 12.8. The van der Waals surface area contributed by atoms with Gasteiger partial charge < -0.3 is 9.47 Å². The Balaban J connectivity index is 2.10. The highest BCUT2D eigenvalue weighted by atomic mass is 16.5. The molecule has 0 fully saturated rings.